The van der Waals surface area contributed by atoms with Crippen LogP contribution in [0, 0.1) is 29.1 Å². The zero-order valence-electron chi connectivity index (χ0n) is 32.5. The monoisotopic (exact) mass is 740 g/mol. The highest BCUT2D eigenvalue weighted by Crippen LogP contribution is 2.55. The van der Waals surface area contributed by atoms with Crippen LogP contribution in [-0.4, -0.2) is 15.0 Å². The minimum Gasteiger partial charge on any atom is -0.455 e. The summed E-state index contributed by atoms with van der Waals surface area (Å²) in [6, 6.07) is 50.5. The summed E-state index contributed by atoms with van der Waals surface area (Å²) in [7, 11) is 0. The van der Waals surface area contributed by atoms with Crippen molar-refractivity contribution in [3.63, 3.8) is 0 Å². The van der Waals surface area contributed by atoms with Crippen LogP contribution in [0.5, 0.6) is 0 Å². The first kappa shape index (κ1) is 35.1. The molecular weight excluding hydrogens is 697 g/mol. The second-order valence-electron chi connectivity index (χ2n) is 16.6. The largest absolute Gasteiger partial charge is 0.455 e. The van der Waals surface area contributed by atoms with Crippen molar-refractivity contribution in [2.75, 3.05) is 0 Å². The van der Waals surface area contributed by atoms with Crippen LogP contribution in [-0.2, 0) is 5.41 Å². The van der Waals surface area contributed by atoms with E-state index in [2.05, 4.69) is 129 Å². The number of nitrogens with zero attached hydrogens (tertiary/aromatic N) is 4. The van der Waals surface area contributed by atoms with Gasteiger partial charge in [-0.15, -0.1) is 0 Å². The number of furan rings is 1. The van der Waals surface area contributed by atoms with Crippen molar-refractivity contribution in [2.45, 2.75) is 57.8 Å². The van der Waals surface area contributed by atoms with Gasteiger partial charge in [0, 0.05) is 33.0 Å². The lowest BCUT2D eigenvalue weighted by atomic mass is 9.54. The standard InChI is InChI=1S/C52H44N4O/c1-3-34-26-36-25-33(2)29-52(30-34,31-36)43-22-20-40(21-23-43)50-54-49(55-51(56-50)42-12-7-11-41(28-42)37-9-5-4-6-10-37)39-18-16-38(17-19-39)44-13-8-14-45-46-27-35(32-53)15-24-47(46)57-48(44)45/h4-24,27-28,33-34,36H,3,25-26,29-31H2,1-2H3/t33-,34+,36-,52?/m0/s1. The lowest BCUT2D eigenvalue weighted by Gasteiger charge is -2.51. The molecule has 2 heterocycles. The molecule has 57 heavy (non-hydrogen) atoms. The first-order valence-electron chi connectivity index (χ1n) is 20.4. The van der Waals surface area contributed by atoms with E-state index in [9.17, 15) is 5.26 Å². The number of hydrogen-bond donors (Lipinski definition) is 0. The van der Waals surface area contributed by atoms with Crippen molar-refractivity contribution in [3.8, 4) is 62.5 Å². The fourth-order valence-corrected chi connectivity index (χ4v) is 10.3. The fourth-order valence-electron chi connectivity index (χ4n) is 10.3. The molecule has 8 aromatic rings. The van der Waals surface area contributed by atoms with Crippen LogP contribution in [0.3, 0.4) is 0 Å². The van der Waals surface area contributed by atoms with Crippen LogP contribution < -0.4 is 0 Å². The Labute approximate surface area is 334 Å². The molecular formula is C52H44N4O. The van der Waals surface area contributed by atoms with Crippen molar-refractivity contribution in [1.29, 1.82) is 5.26 Å². The van der Waals surface area contributed by atoms with Crippen molar-refractivity contribution < 1.29 is 4.42 Å². The van der Waals surface area contributed by atoms with Crippen LogP contribution >= 0.6 is 0 Å². The Balaban J connectivity index is 1.04. The molecule has 10 rings (SSSR count). The van der Waals surface area contributed by atoms with Gasteiger partial charge in [0.15, 0.2) is 17.5 Å². The van der Waals surface area contributed by atoms with E-state index in [1.165, 1.54) is 44.1 Å². The summed E-state index contributed by atoms with van der Waals surface area (Å²) in [5, 5.41) is 11.4. The minimum atomic E-state index is 0.265. The summed E-state index contributed by atoms with van der Waals surface area (Å²) in [4.78, 5) is 15.4. The van der Waals surface area contributed by atoms with Gasteiger partial charge in [-0.1, -0.05) is 136 Å². The zero-order chi connectivity index (χ0) is 38.5. The lowest BCUT2D eigenvalue weighted by molar-refractivity contribution is 0.0702. The van der Waals surface area contributed by atoms with Crippen LogP contribution in [0.2, 0.25) is 0 Å². The van der Waals surface area contributed by atoms with Crippen LogP contribution in [0.15, 0.2) is 144 Å². The number of rotatable bonds is 7. The Morgan fingerprint density at radius 1 is 0.614 bits per heavy atom. The number of benzene rings is 6. The van der Waals surface area contributed by atoms with Crippen LogP contribution in [0.1, 0.15) is 63.5 Å². The average Bonchev–Trinajstić information content (AvgIpc) is 3.64. The molecule has 0 saturated heterocycles. The van der Waals surface area contributed by atoms with Gasteiger partial charge < -0.3 is 4.42 Å². The summed E-state index contributed by atoms with van der Waals surface area (Å²) in [5.41, 5.74) is 11.1. The second-order valence-corrected chi connectivity index (χ2v) is 16.6. The Morgan fingerprint density at radius 3 is 2.02 bits per heavy atom. The molecule has 2 bridgehead atoms. The summed E-state index contributed by atoms with van der Waals surface area (Å²) in [5.74, 6) is 4.35. The minimum absolute atomic E-state index is 0.265. The molecule has 4 atom stereocenters. The molecule has 6 aromatic carbocycles. The van der Waals surface area contributed by atoms with Gasteiger partial charge in [0.25, 0.3) is 0 Å². The summed E-state index contributed by atoms with van der Waals surface area (Å²) in [6.45, 7) is 4.83. The predicted molar refractivity (Wildman–Crippen MR) is 230 cm³/mol. The third-order valence-corrected chi connectivity index (χ3v) is 12.8. The van der Waals surface area contributed by atoms with Gasteiger partial charge in [-0.3, -0.25) is 0 Å². The van der Waals surface area contributed by atoms with Crippen molar-refractivity contribution in [1.82, 2.24) is 15.0 Å². The zero-order valence-corrected chi connectivity index (χ0v) is 32.5. The van der Waals surface area contributed by atoms with Gasteiger partial charge in [-0.2, -0.15) is 5.26 Å². The summed E-state index contributed by atoms with van der Waals surface area (Å²) < 4.78 is 6.37. The van der Waals surface area contributed by atoms with E-state index in [1.807, 2.05) is 24.3 Å². The smallest absolute Gasteiger partial charge is 0.164 e. The average molecular weight is 741 g/mol. The SMILES string of the molecule is CC[C@@H]1C[C@@H]2C[C@H](C)CC(c3ccc(-c4nc(-c5ccc(-c6cccc7c6oc6ccc(C#N)cc67)cc5)nc(-c5cccc(-c6ccccc6)c5)n4)cc3)(C1)C2. The second kappa shape index (κ2) is 14.3. The van der Waals surface area contributed by atoms with E-state index in [4.69, 9.17) is 19.4 Å². The topological polar surface area (TPSA) is 75.6 Å². The number of fused-ring (bicyclic) bond motifs is 5. The van der Waals surface area contributed by atoms with Crippen molar-refractivity contribution >= 4 is 21.9 Å². The number of para-hydroxylation sites is 1. The van der Waals surface area contributed by atoms with Crippen molar-refractivity contribution in [2.24, 2.45) is 17.8 Å². The molecule has 0 radical (unpaired) electrons. The van der Waals surface area contributed by atoms with Gasteiger partial charge in [0.2, 0.25) is 0 Å². The molecule has 2 aliphatic carbocycles. The molecule has 2 aromatic heterocycles. The third-order valence-electron chi connectivity index (χ3n) is 12.8. The molecule has 5 nitrogen and oxygen atoms in total. The Bertz CT molecular complexity index is 2790. The molecule has 1 unspecified atom stereocenters. The Hall–Kier alpha value is -6.38. The number of nitriles is 1. The van der Waals surface area contributed by atoms with Crippen molar-refractivity contribution in [3.05, 3.63) is 151 Å². The van der Waals surface area contributed by atoms with Crippen LogP contribution in [0.25, 0.3) is 78.4 Å². The first-order chi connectivity index (χ1) is 27.9. The van der Waals surface area contributed by atoms with Gasteiger partial charge >= 0.3 is 0 Å². The Kier molecular flexibility index (Phi) is 8.79. The summed E-state index contributed by atoms with van der Waals surface area (Å²) >= 11 is 0. The van der Waals surface area contributed by atoms with E-state index in [0.29, 0.717) is 23.0 Å². The predicted octanol–water partition coefficient (Wildman–Crippen LogP) is 13.5. The van der Waals surface area contributed by atoms with Gasteiger partial charge in [-0.25, -0.2) is 15.0 Å². The molecule has 0 spiro atoms. The maximum absolute atomic E-state index is 9.50. The molecule has 0 amide bonds. The molecule has 0 aliphatic heterocycles. The number of hydrogen-bond acceptors (Lipinski definition) is 5. The maximum atomic E-state index is 9.50. The van der Waals surface area contributed by atoms with Gasteiger partial charge in [0.1, 0.15) is 11.2 Å². The lowest BCUT2D eigenvalue weighted by Crippen LogP contribution is -2.42. The normalized spacial score (nSPS) is 20.4. The molecule has 278 valence electrons. The Morgan fingerprint density at radius 2 is 1.28 bits per heavy atom. The van der Waals surface area contributed by atoms with Crippen LogP contribution in [0.4, 0.5) is 0 Å². The maximum Gasteiger partial charge on any atom is 0.164 e. The highest BCUT2D eigenvalue weighted by molar-refractivity contribution is 6.09. The highest BCUT2D eigenvalue weighted by atomic mass is 16.3. The van der Waals surface area contributed by atoms with E-state index >= 15 is 0 Å². The van der Waals surface area contributed by atoms with Gasteiger partial charge in [-0.05, 0) is 102 Å². The summed E-state index contributed by atoms with van der Waals surface area (Å²) in [6.07, 6.45) is 7.92. The molecule has 0 N–H and O–H groups in total. The molecule has 2 saturated carbocycles. The quantitative estimate of drug-likeness (QED) is 0.163. The van der Waals surface area contributed by atoms with E-state index in [1.54, 1.807) is 6.07 Å². The highest BCUT2D eigenvalue weighted by Gasteiger charge is 2.45. The van der Waals surface area contributed by atoms with E-state index in [-0.39, 0.29) is 5.41 Å². The fraction of sp³-hybridized carbons (Fsp3) is 0.231. The third kappa shape index (κ3) is 6.50. The van der Waals surface area contributed by atoms with E-state index < -0.39 is 0 Å². The molecule has 2 aliphatic rings. The molecule has 5 heteroatoms. The van der Waals surface area contributed by atoms with E-state index in [0.717, 1.165) is 78.6 Å². The first-order valence-corrected chi connectivity index (χ1v) is 20.4. The van der Waals surface area contributed by atoms with Gasteiger partial charge in [0.05, 0.1) is 11.6 Å². The number of aromatic nitrogens is 3. The molecule has 2 fully saturated rings.